The van der Waals surface area contributed by atoms with E-state index in [2.05, 4.69) is 15.1 Å². The molecule has 0 saturated carbocycles. The van der Waals surface area contributed by atoms with Crippen LogP contribution in [-0.2, 0) is 4.79 Å². The van der Waals surface area contributed by atoms with Crippen LogP contribution in [0.5, 0.6) is 0 Å². The lowest BCUT2D eigenvalue weighted by Gasteiger charge is -2.34. The van der Waals surface area contributed by atoms with E-state index in [1.165, 1.54) is 71.4 Å². The van der Waals surface area contributed by atoms with E-state index in [1.54, 1.807) is 7.05 Å². The quantitative estimate of drug-likeness (QED) is 0.841. The Balaban J connectivity index is 0.00000112. The first kappa shape index (κ1) is 22.4. The van der Waals surface area contributed by atoms with Gasteiger partial charge in [-0.3, -0.25) is 4.79 Å². The first-order chi connectivity index (χ1) is 11.3. The molecule has 0 aliphatic carbocycles. The van der Waals surface area contributed by atoms with E-state index in [1.807, 2.05) is 27.7 Å². The van der Waals surface area contributed by atoms with Crippen molar-refractivity contribution in [3.05, 3.63) is 0 Å². The van der Waals surface area contributed by atoms with Gasteiger partial charge in [-0.2, -0.15) is 0 Å². The number of amides is 1. The minimum atomic E-state index is 0.201. The van der Waals surface area contributed by atoms with Crippen LogP contribution in [0, 0.1) is 5.92 Å². The highest BCUT2D eigenvalue weighted by atomic mass is 16.1. The highest BCUT2D eigenvalue weighted by molar-refractivity contribution is 5.75. The highest BCUT2D eigenvalue weighted by Crippen LogP contribution is 2.20. The maximum absolute atomic E-state index is 11.4. The maximum atomic E-state index is 11.4. The zero-order chi connectivity index (χ0) is 17.5. The van der Waals surface area contributed by atoms with Crippen molar-refractivity contribution >= 4 is 5.91 Å². The van der Waals surface area contributed by atoms with Crippen LogP contribution in [-0.4, -0.2) is 62.0 Å². The van der Waals surface area contributed by atoms with Crippen LogP contribution in [0.1, 0.15) is 66.2 Å². The molecular formula is C19H41N3O. The van der Waals surface area contributed by atoms with E-state index in [0.717, 1.165) is 6.42 Å². The molecule has 0 bridgehead atoms. The van der Waals surface area contributed by atoms with E-state index in [9.17, 15) is 4.79 Å². The van der Waals surface area contributed by atoms with E-state index < -0.39 is 0 Å². The van der Waals surface area contributed by atoms with Gasteiger partial charge in [0.15, 0.2) is 0 Å². The van der Waals surface area contributed by atoms with Crippen LogP contribution in [0.25, 0.3) is 0 Å². The maximum Gasteiger partial charge on any atom is 0.220 e. The van der Waals surface area contributed by atoms with Gasteiger partial charge >= 0.3 is 0 Å². The van der Waals surface area contributed by atoms with E-state index >= 15 is 0 Å². The second-order valence-corrected chi connectivity index (χ2v) is 6.06. The molecule has 4 heteroatoms. The molecule has 138 valence electrons. The van der Waals surface area contributed by atoms with Crippen molar-refractivity contribution in [3.8, 4) is 0 Å². The summed E-state index contributed by atoms with van der Waals surface area (Å²) in [5, 5.41) is 2.73. The molecule has 0 atom stereocenters. The Morgan fingerprint density at radius 3 is 1.83 bits per heavy atom. The molecule has 2 fully saturated rings. The molecule has 0 radical (unpaired) electrons. The average Bonchev–Trinajstić information content (AvgIpc) is 2.65. The molecule has 1 N–H and O–H groups in total. The average molecular weight is 328 g/mol. The second kappa shape index (κ2) is 14.9. The van der Waals surface area contributed by atoms with Gasteiger partial charge in [0.1, 0.15) is 0 Å². The third-order valence-corrected chi connectivity index (χ3v) is 4.64. The number of carbonyl (C=O) groups excluding carboxylic acids is 1. The van der Waals surface area contributed by atoms with Gasteiger partial charge < -0.3 is 15.1 Å². The number of nitrogens with zero attached hydrogens (tertiary/aromatic N) is 2. The van der Waals surface area contributed by atoms with Crippen molar-refractivity contribution in [1.82, 2.24) is 15.1 Å². The lowest BCUT2D eigenvalue weighted by molar-refractivity contribution is -0.121. The zero-order valence-electron chi connectivity index (χ0n) is 16.4. The van der Waals surface area contributed by atoms with E-state index in [-0.39, 0.29) is 5.91 Å². The largest absolute Gasteiger partial charge is 0.359 e. The summed E-state index contributed by atoms with van der Waals surface area (Å²) < 4.78 is 0. The first-order valence-electron chi connectivity index (χ1n) is 9.93. The smallest absolute Gasteiger partial charge is 0.220 e. The Morgan fingerprint density at radius 1 is 0.870 bits per heavy atom. The molecular weight excluding hydrogens is 286 g/mol. The number of likely N-dealkylation sites (tertiary alicyclic amines) is 2. The van der Waals surface area contributed by atoms with Crippen LogP contribution in [0.15, 0.2) is 0 Å². The molecule has 1 amide bonds. The second-order valence-electron chi connectivity index (χ2n) is 6.06. The number of nitrogens with one attached hydrogen (secondary N) is 1. The van der Waals surface area contributed by atoms with Crippen molar-refractivity contribution < 1.29 is 4.79 Å². The fraction of sp³-hybridized carbons (Fsp3) is 0.947. The van der Waals surface area contributed by atoms with Crippen molar-refractivity contribution in [1.29, 1.82) is 0 Å². The van der Waals surface area contributed by atoms with Gasteiger partial charge in [-0.05, 0) is 57.8 Å². The molecule has 2 aliphatic heterocycles. The Bertz CT molecular complexity index is 270. The summed E-state index contributed by atoms with van der Waals surface area (Å²) in [6, 6.07) is 0. The van der Waals surface area contributed by atoms with Crippen LogP contribution in [0.3, 0.4) is 0 Å². The molecule has 2 rings (SSSR count). The standard InChI is InChI=1S/C15H29N3O.2C2H6/c1-16-15(19)13-14-5-9-18(10-6-14)12-11-17-7-3-2-4-8-17;2*1-2/h14H,2-13H2,1H3,(H,16,19);2*1-2H3. The SMILES string of the molecule is CC.CC.CNC(=O)CC1CCN(CCN2CCCCC2)CC1. The van der Waals surface area contributed by atoms with Crippen molar-refractivity contribution in [2.45, 2.75) is 66.2 Å². The summed E-state index contributed by atoms with van der Waals surface area (Å²) in [6.07, 6.45) is 7.28. The zero-order valence-corrected chi connectivity index (χ0v) is 16.4. The summed E-state index contributed by atoms with van der Waals surface area (Å²) in [4.78, 5) is 16.6. The minimum absolute atomic E-state index is 0.201. The normalized spacial score (nSPS) is 19.9. The Morgan fingerprint density at radius 2 is 1.35 bits per heavy atom. The number of hydrogen-bond donors (Lipinski definition) is 1. The van der Waals surface area contributed by atoms with Crippen molar-refractivity contribution in [3.63, 3.8) is 0 Å². The summed E-state index contributed by atoms with van der Waals surface area (Å²) in [5.74, 6) is 0.804. The van der Waals surface area contributed by atoms with Gasteiger partial charge in [-0.1, -0.05) is 34.1 Å². The Labute approximate surface area is 145 Å². The molecule has 4 nitrogen and oxygen atoms in total. The topological polar surface area (TPSA) is 35.6 Å². The lowest BCUT2D eigenvalue weighted by atomic mass is 9.93. The van der Waals surface area contributed by atoms with Crippen LogP contribution >= 0.6 is 0 Å². The fourth-order valence-electron chi connectivity index (χ4n) is 3.24. The number of piperidine rings is 2. The third-order valence-electron chi connectivity index (χ3n) is 4.64. The molecule has 0 aromatic heterocycles. The molecule has 0 aromatic carbocycles. The van der Waals surface area contributed by atoms with Crippen LogP contribution in [0.2, 0.25) is 0 Å². The monoisotopic (exact) mass is 327 g/mol. The lowest BCUT2D eigenvalue weighted by Crippen LogP contribution is -2.41. The van der Waals surface area contributed by atoms with Gasteiger partial charge in [-0.25, -0.2) is 0 Å². The fourth-order valence-corrected chi connectivity index (χ4v) is 3.24. The minimum Gasteiger partial charge on any atom is -0.359 e. The Hall–Kier alpha value is -0.610. The van der Waals surface area contributed by atoms with Gasteiger partial charge in [0.05, 0.1) is 0 Å². The molecule has 0 aromatic rings. The number of hydrogen-bond acceptors (Lipinski definition) is 3. The predicted molar refractivity (Wildman–Crippen MR) is 101 cm³/mol. The molecule has 0 unspecified atom stereocenters. The van der Waals surface area contributed by atoms with Gasteiger partial charge in [0.25, 0.3) is 0 Å². The van der Waals surface area contributed by atoms with Gasteiger partial charge in [0.2, 0.25) is 5.91 Å². The molecule has 2 heterocycles. The Kier molecular flexibility index (Phi) is 14.6. The van der Waals surface area contributed by atoms with Crippen LogP contribution < -0.4 is 5.32 Å². The van der Waals surface area contributed by atoms with Crippen molar-refractivity contribution in [2.75, 3.05) is 46.3 Å². The molecule has 23 heavy (non-hydrogen) atoms. The molecule has 2 aliphatic rings. The van der Waals surface area contributed by atoms with Crippen molar-refractivity contribution in [2.24, 2.45) is 5.92 Å². The van der Waals surface area contributed by atoms with E-state index in [0.29, 0.717) is 5.92 Å². The van der Waals surface area contributed by atoms with Gasteiger partial charge in [-0.15, -0.1) is 0 Å². The summed E-state index contributed by atoms with van der Waals surface area (Å²) >= 11 is 0. The highest BCUT2D eigenvalue weighted by Gasteiger charge is 2.21. The summed E-state index contributed by atoms with van der Waals surface area (Å²) in [5.41, 5.74) is 0. The number of rotatable bonds is 5. The van der Waals surface area contributed by atoms with Gasteiger partial charge in [0, 0.05) is 26.6 Å². The van der Waals surface area contributed by atoms with E-state index in [4.69, 9.17) is 0 Å². The summed E-state index contributed by atoms with van der Waals surface area (Å²) in [6.45, 7) is 15.4. The first-order valence-corrected chi connectivity index (χ1v) is 9.93. The van der Waals surface area contributed by atoms with Crippen LogP contribution in [0.4, 0.5) is 0 Å². The predicted octanol–water partition coefficient (Wildman–Crippen LogP) is 3.37. The summed E-state index contributed by atoms with van der Waals surface area (Å²) in [7, 11) is 1.73. The molecule has 0 spiro atoms. The molecule has 2 saturated heterocycles. The third kappa shape index (κ3) is 9.98. The number of carbonyl (C=O) groups is 1.